The maximum atomic E-state index is 11.1. The number of aliphatic carboxylic acids is 1. The van der Waals surface area contributed by atoms with Gasteiger partial charge in [0, 0.05) is 7.05 Å². The first-order valence-corrected chi connectivity index (χ1v) is 4.38. The number of rotatable bonds is 3. The van der Waals surface area contributed by atoms with Gasteiger partial charge < -0.3 is 15.7 Å². The van der Waals surface area contributed by atoms with E-state index in [2.05, 4.69) is 0 Å². The molecule has 0 fully saturated rings. The highest BCUT2D eigenvalue weighted by Crippen LogP contribution is 2.18. The van der Waals surface area contributed by atoms with E-state index in [-0.39, 0.29) is 5.96 Å². The molecule has 0 radical (unpaired) electrons. The SMILES string of the molecule is CN(C(=N)N)C(C(=O)O)c1ccccc1. The van der Waals surface area contributed by atoms with Crippen molar-refractivity contribution in [2.45, 2.75) is 6.04 Å². The third-order valence-corrected chi connectivity index (χ3v) is 2.12. The number of hydrogen-bond acceptors (Lipinski definition) is 2. The molecule has 0 aliphatic rings. The van der Waals surface area contributed by atoms with E-state index in [0.29, 0.717) is 5.56 Å². The fraction of sp³-hybridized carbons (Fsp3) is 0.200. The molecule has 1 atom stereocenters. The molecule has 0 aliphatic heterocycles. The Hall–Kier alpha value is -2.04. The van der Waals surface area contributed by atoms with Gasteiger partial charge in [0.2, 0.25) is 0 Å². The van der Waals surface area contributed by atoms with Crippen molar-refractivity contribution >= 4 is 11.9 Å². The van der Waals surface area contributed by atoms with Crippen LogP contribution in [-0.4, -0.2) is 29.0 Å². The lowest BCUT2D eigenvalue weighted by Gasteiger charge is -2.24. The molecule has 0 bridgehead atoms. The summed E-state index contributed by atoms with van der Waals surface area (Å²) in [7, 11) is 1.48. The topological polar surface area (TPSA) is 90.4 Å². The van der Waals surface area contributed by atoms with Gasteiger partial charge in [-0.3, -0.25) is 5.41 Å². The van der Waals surface area contributed by atoms with Crippen LogP contribution in [0.25, 0.3) is 0 Å². The van der Waals surface area contributed by atoms with Gasteiger partial charge in [0.1, 0.15) is 0 Å². The zero-order valence-electron chi connectivity index (χ0n) is 8.34. The van der Waals surface area contributed by atoms with Crippen molar-refractivity contribution in [1.29, 1.82) is 5.41 Å². The third kappa shape index (κ3) is 2.46. The van der Waals surface area contributed by atoms with E-state index in [1.807, 2.05) is 0 Å². The summed E-state index contributed by atoms with van der Waals surface area (Å²) >= 11 is 0. The molecule has 0 aromatic heterocycles. The summed E-state index contributed by atoms with van der Waals surface area (Å²) in [6, 6.07) is 7.77. The number of guanidine groups is 1. The minimum absolute atomic E-state index is 0.272. The summed E-state index contributed by atoms with van der Waals surface area (Å²) in [5.41, 5.74) is 5.86. The highest BCUT2D eigenvalue weighted by atomic mass is 16.4. The summed E-state index contributed by atoms with van der Waals surface area (Å²) < 4.78 is 0. The molecule has 0 saturated carbocycles. The lowest BCUT2D eigenvalue weighted by Crippen LogP contribution is -2.39. The Morgan fingerprint density at radius 2 is 2.00 bits per heavy atom. The highest BCUT2D eigenvalue weighted by Gasteiger charge is 2.25. The molecule has 0 saturated heterocycles. The summed E-state index contributed by atoms with van der Waals surface area (Å²) in [5.74, 6) is -1.30. The molecule has 0 spiro atoms. The first-order chi connectivity index (χ1) is 7.04. The van der Waals surface area contributed by atoms with Gasteiger partial charge in [-0.2, -0.15) is 0 Å². The molecule has 0 heterocycles. The van der Waals surface area contributed by atoms with Crippen molar-refractivity contribution < 1.29 is 9.90 Å². The van der Waals surface area contributed by atoms with Crippen molar-refractivity contribution in [1.82, 2.24) is 4.90 Å². The third-order valence-electron chi connectivity index (χ3n) is 2.12. The average molecular weight is 207 g/mol. The van der Waals surface area contributed by atoms with Crippen molar-refractivity contribution in [2.75, 3.05) is 7.05 Å². The summed E-state index contributed by atoms with van der Waals surface area (Å²) in [6.45, 7) is 0. The number of carbonyl (C=O) groups is 1. The molecule has 5 nitrogen and oxygen atoms in total. The Bertz CT molecular complexity index is 364. The molecule has 1 aromatic carbocycles. The first kappa shape index (κ1) is 11.0. The van der Waals surface area contributed by atoms with Crippen LogP contribution in [0.2, 0.25) is 0 Å². The molecule has 1 aromatic rings. The fourth-order valence-electron chi connectivity index (χ4n) is 1.31. The molecule has 15 heavy (non-hydrogen) atoms. The summed E-state index contributed by atoms with van der Waals surface area (Å²) in [5, 5.41) is 16.3. The number of nitrogens with one attached hydrogen (secondary N) is 1. The quantitative estimate of drug-likeness (QED) is 0.501. The maximum absolute atomic E-state index is 11.1. The molecule has 5 heteroatoms. The minimum Gasteiger partial charge on any atom is -0.479 e. The molecule has 4 N–H and O–H groups in total. The number of carboxylic acid groups (broad SMARTS) is 1. The molecular formula is C10H13N3O2. The molecule has 1 rings (SSSR count). The van der Waals surface area contributed by atoms with Crippen LogP contribution < -0.4 is 5.73 Å². The highest BCUT2D eigenvalue weighted by molar-refractivity contribution is 5.83. The lowest BCUT2D eigenvalue weighted by molar-refractivity contribution is -0.141. The Balaban J connectivity index is 3.04. The smallest absolute Gasteiger partial charge is 0.331 e. The van der Waals surface area contributed by atoms with E-state index in [0.717, 1.165) is 0 Å². The number of benzene rings is 1. The van der Waals surface area contributed by atoms with E-state index in [4.69, 9.17) is 16.2 Å². The Labute approximate surface area is 87.6 Å². The number of carboxylic acids is 1. The Kier molecular flexibility index (Phi) is 3.28. The van der Waals surface area contributed by atoms with Crippen molar-refractivity contribution in [3.05, 3.63) is 35.9 Å². The van der Waals surface area contributed by atoms with Gasteiger partial charge in [0.25, 0.3) is 0 Å². The monoisotopic (exact) mass is 207 g/mol. The lowest BCUT2D eigenvalue weighted by atomic mass is 10.1. The van der Waals surface area contributed by atoms with Gasteiger partial charge in [-0.25, -0.2) is 4.79 Å². The van der Waals surface area contributed by atoms with Crippen molar-refractivity contribution in [3.63, 3.8) is 0 Å². The molecular weight excluding hydrogens is 194 g/mol. The van der Waals surface area contributed by atoms with Crippen molar-refractivity contribution in [3.8, 4) is 0 Å². The molecule has 0 amide bonds. The van der Waals surface area contributed by atoms with E-state index in [1.54, 1.807) is 30.3 Å². The second-order valence-corrected chi connectivity index (χ2v) is 3.15. The Morgan fingerprint density at radius 3 is 2.40 bits per heavy atom. The molecule has 0 aliphatic carbocycles. The predicted octanol–water partition coefficient (Wildman–Crippen LogP) is 0.638. The van der Waals surface area contributed by atoms with E-state index < -0.39 is 12.0 Å². The normalized spacial score (nSPS) is 11.8. The van der Waals surface area contributed by atoms with Gasteiger partial charge in [0.05, 0.1) is 0 Å². The van der Waals surface area contributed by atoms with Crippen LogP contribution in [0.4, 0.5) is 0 Å². The van der Waals surface area contributed by atoms with E-state index in [1.165, 1.54) is 11.9 Å². The van der Waals surface area contributed by atoms with Gasteiger partial charge in [-0.15, -0.1) is 0 Å². The maximum Gasteiger partial charge on any atom is 0.331 e. The van der Waals surface area contributed by atoms with Crippen LogP contribution >= 0.6 is 0 Å². The van der Waals surface area contributed by atoms with Gasteiger partial charge in [-0.05, 0) is 5.56 Å². The molecule has 1 unspecified atom stereocenters. The van der Waals surface area contributed by atoms with Crippen LogP contribution in [0.15, 0.2) is 30.3 Å². The average Bonchev–Trinajstić information content (AvgIpc) is 2.18. The van der Waals surface area contributed by atoms with Gasteiger partial charge in [-0.1, -0.05) is 30.3 Å². The first-order valence-electron chi connectivity index (χ1n) is 4.38. The number of likely N-dealkylation sites (N-methyl/N-ethyl adjacent to an activating group) is 1. The van der Waals surface area contributed by atoms with E-state index in [9.17, 15) is 4.79 Å². The number of hydrogen-bond donors (Lipinski definition) is 3. The van der Waals surface area contributed by atoms with Gasteiger partial charge in [0.15, 0.2) is 12.0 Å². The second kappa shape index (κ2) is 4.45. The minimum atomic E-state index is -1.03. The van der Waals surface area contributed by atoms with E-state index >= 15 is 0 Å². The number of nitrogens with zero attached hydrogens (tertiary/aromatic N) is 1. The summed E-state index contributed by atoms with van der Waals surface area (Å²) in [4.78, 5) is 12.3. The number of nitrogens with two attached hydrogens (primary N) is 1. The summed E-state index contributed by atoms with van der Waals surface area (Å²) in [6.07, 6.45) is 0. The van der Waals surface area contributed by atoms with Crippen LogP contribution in [0, 0.1) is 5.41 Å². The van der Waals surface area contributed by atoms with Crippen LogP contribution in [0.1, 0.15) is 11.6 Å². The Morgan fingerprint density at radius 1 is 1.47 bits per heavy atom. The fourth-order valence-corrected chi connectivity index (χ4v) is 1.31. The van der Waals surface area contributed by atoms with Crippen LogP contribution in [0.3, 0.4) is 0 Å². The van der Waals surface area contributed by atoms with Gasteiger partial charge >= 0.3 is 5.97 Å². The zero-order chi connectivity index (χ0) is 11.4. The standard InChI is InChI=1S/C10H13N3O2/c1-13(10(11)12)8(9(14)15)7-5-3-2-4-6-7/h2-6,8H,1H3,(H3,11,12)(H,14,15). The van der Waals surface area contributed by atoms with Crippen LogP contribution in [-0.2, 0) is 4.79 Å². The largest absolute Gasteiger partial charge is 0.479 e. The van der Waals surface area contributed by atoms with Crippen molar-refractivity contribution in [2.24, 2.45) is 5.73 Å². The molecule has 80 valence electrons. The van der Waals surface area contributed by atoms with Crippen LogP contribution in [0.5, 0.6) is 0 Å². The zero-order valence-corrected chi connectivity index (χ0v) is 8.34. The predicted molar refractivity (Wildman–Crippen MR) is 56.5 cm³/mol. The second-order valence-electron chi connectivity index (χ2n) is 3.15.